The van der Waals surface area contributed by atoms with Crippen molar-refractivity contribution in [1.82, 2.24) is 15.3 Å². The van der Waals surface area contributed by atoms with Crippen LogP contribution in [0.3, 0.4) is 0 Å². The number of anilines is 2. The number of nitrogens with zero attached hydrogens (tertiary/aromatic N) is 3. The number of benzene rings is 2. The van der Waals surface area contributed by atoms with Gasteiger partial charge < -0.3 is 25.4 Å². The summed E-state index contributed by atoms with van der Waals surface area (Å²) in [5, 5.41) is 3.58. The Balaban J connectivity index is 1.39. The first-order valence-electron chi connectivity index (χ1n) is 14.3. The number of halogens is 4. The topological polar surface area (TPSA) is 103 Å². The van der Waals surface area contributed by atoms with Crippen LogP contribution in [0.1, 0.15) is 49.0 Å². The molecule has 0 unspecified atom stereocenters. The van der Waals surface area contributed by atoms with Crippen molar-refractivity contribution in [2.75, 3.05) is 36.9 Å². The van der Waals surface area contributed by atoms with E-state index < -0.39 is 12.3 Å². The van der Waals surface area contributed by atoms with Gasteiger partial charge in [0.25, 0.3) is 0 Å². The van der Waals surface area contributed by atoms with Crippen molar-refractivity contribution >= 4 is 29.3 Å². The molecule has 0 saturated carbocycles. The van der Waals surface area contributed by atoms with Crippen molar-refractivity contribution in [2.24, 2.45) is 5.41 Å². The summed E-state index contributed by atoms with van der Waals surface area (Å²) in [5.41, 5.74) is 8.55. The number of carbonyl (C=O) groups excluding carboxylic acids is 1. The van der Waals surface area contributed by atoms with Crippen molar-refractivity contribution in [1.29, 1.82) is 0 Å². The van der Waals surface area contributed by atoms with E-state index in [2.05, 4.69) is 15.3 Å². The van der Waals surface area contributed by atoms with Crippen LogP contribution in [-0.2, 0) is 9.53 Å². The number of hydrogen-bond donors (Lipinski definition) is 2. The fraction of sp³-hybridized carbons (Fsp3) is 0.452. The third-order valence-corrected chi connectivity index (χ3v) is 8.39. The summed E-state index contributed by atoms with van der Waals surface area (Å²) in [6.07, 6.45) is -4.89. The Kier molecular flexibility index (Phi) is 8.76. The first-order chi connectivity index (χ1) is 20.4. The number of nitrogens with two attached hydrogens (primary N) is 1. The third kappa shape index (κ3) is 6.99. The zero-order valence-corrected chi connectivity index (χ0v) is 25.1. The highest BCUT2D eigenvalue weighted by Crippen LogP contribution is 2.43. The number of aryl methyl sites for hydroxylation is 2. The lowest BCUT2D eigenvalue weighted by Gasteiger charge is -2.39. The molecule has 2 aliphatic heterocycles. The first kappa shape index (κ1) is 30.9. The van der Waals surface area contributed by atoms with Gasteiger partial charge in [0.05, 0.1) is 6.61 Å². The second-order valence-electron chi connectivity index (χ2n) is 11.4. The monoisotopic (exact) mass is 617 g/mol. The number of carbonyl (C=O) groups is 1. The Morgan fingerprint density at radius 2 is 1.84 bits per heavy atom. The van der Waals surface area contributed by atoms with Gasteiger partial charge in [-0.2, -0.15) is 23.1 Å². The molecule has 2 aromatic carbocycles. The summed E-state index contributed by atoms with van der Waals surface area (Å²) in [7, 11) is 0. The highest BCUT2D eigenvalue weighted by atomic mass is 35.5. The predicted molar refractivity (Wildman–Crippen MR) is 159 cm³/mol. The largest absolute Gasteiger partial charge is 0.465 e. The number of nitrogens with one attached hydrogen (secondary N) is 1. The summed E-state index contributed by atoms with van der Waals surface area (Å²) in [6.45, 7) is 7.75. The van der Waals surface area contributed by atoms with E-state index >= 15 is 0 Å². The number of alkyl halides is 3. The summed E-state index contributed by atoms with van der Waals surface area (Å²) in [5.74, 6) is -0.329. The minimum absolute atomic E-state index is 0.0632. The van der Waals surface area contributed by atoms with Crippen LogP contribution in [0, 0.1) is 19.3 Å². The van der Waals surface area contributed by atoms with Crippen molar-refractivity contribution in [3.8, 4) is 17.0 Å². The van der Waals surface area contributed by atoms with E-state index in [9.17, 15) is 18.0 Å². The minimum atomic E-state index is -4.77. The molecule has 43 heavy (non-hydrogen) atoms. The maximum Gasteiger partial charge on any atom is 0.429 e. The van der Waals surface area contributed by atoms with E-state index in [1.54, 1.807) is 6.92 Å². The van der Waals surface area contributed by atoms with Gasteiger partial charge >= 0.3 is 12.1 Å². The molecule has 2 fully saturated rings. The van der Waals surface area contributed by atoms with Crippen LogP contribution >= 0.6 is 11.6 Å². The van der Waals surface area contributed by atoms with E-state index in [4.69, 9.17) is 26.8 Å². The second kappa shape index (κ2) is 12.2. The summed E-state index contributed by atoms with van der Waals surface area (Å²) in [6, 6.07) is 10.9. The van der Waals surface area contributed by atoms with E-state index in [-0.39, 0.29) is 34.8 Å². The highest BCUT2D eigenvalue weighted by Gasteiger charge is 2.46. The molecule has 2 aliphatic rings. The van der Waals surface area contributed by atoms with Gasteiger partial charge in [-0.3, -0.25) is 4.79 Å². The fourth-order valence-electron chi connectivity index (χ4n) is 6.13. The summed E-state index contributed by atoms with van der Waals surface area (Å²) in [4.78, 5) is 22.5. The predicted octanol–water partition coefficient (Wildman–Crippen LogP) is 6.19. The molecule has 3 N–H and O–H groups in total. The van der Waals surface area contributed by atoms with E-state index in [1.165, 1.54) is 24.3 Å². The van der Waals surface area contributed by atoms with Crippen molar-refractivity contribution < 1.29 is 27.4 Å². The minimum Gasteiger partial charge on any atom is -0.465 e. The standard InChI is InChI=1S/C31H35ClF3N5O3/c1-4-42-28(41)24-16-30(17-37-24)7-9-40(10-8-30)25-15-26(39-29(36)38-25)43-27(31(33,34)35)22-6-5-21(32)14-23(22)20-12-18(2)11-19(3)13-20/h5-6,11-15,24,27,37H,4,7-10,16-17H2,1-3H3,(H2,36,38,39)/t24-,27+/m0/s1. The number of esters is 1. The SMILES string of the molecule is CCOC(=O)[C@@H]1CC2(CCN(c3cc(O[C@H](c4ccc(Cl)cc4-c4cc(C)cc(C)c4)C(F)(F)F)nc(N)n3)CC2)CN1. The lowest BCUT2D eigenvalue weighted by atomic mass is 9.76. The maximum absolute atomic E-state index is 14.6. The molecule has 5 rings (SSSR count). The normalized spacial score (nSPS) is 19.0. The van der Waals surface area contributed by atoms with E-state index in [1.807, 2.05) is 36.9 Å². The van der Waals surface area contributed by atoms with Crippen LogP contribution in [0.5, 0.6) is 5.88 Å². The Morgan fingerprint density at radius 1 is 1.14 bits per heavy atom. The molecule has 8 nitrogen and oxygen atoms in total. The van der Waals surface area contributed by atoms with Crippen LogP contribution in [0.2, 0.25) is 5.02 Å². The van der Waals surface area contributed by atoms with Crippen LogP contribution in [0.25, 0.3) is 11.1 Å². The van der Waals surface area contributed by atoms with E-state index in [0.29, 0.717) is 54.6 Å². The average Bonchev–Trinajstić information content (AvgIpc) is 3.34. The van der Waals surface area contributed by atoms with Gasteiger partial charge in [-0.05, 0) is 68.7 Å². The molecule has 3 aromatic rings. The fourth-order valence-corrected chi connectivity index (χ4v) is 6.31. The maximum atomic E-state index is 14.6. The van der Waals surface area contributed by atoms with Crippen molar-refractivity contribution in [2.45, 2.75) is 58.4 Å². The molecular formula is C31H35ClF3N5O3. The van der Waals surface area contributed by atoms with Crippen LogP contribution in [0.15, 0.2) is 42.5 Å². The lowest BCUT2D eigenvalue weighted by molar-refractivity contribution is -0.198. The molecule has 3 heterocycles. The number of rotatable bonds is 7. The number of piperidine rings is 1. The van der Waals surface area contributed by atoms with Gasteiger partial charge in [0, 0.05) is 36.3 Å². The van der Waals surface area contributed by atoms with Crippen LogP contribution < -0.4 is 20.7 Å². The zero-order valence-electron chi connectivity index (χ0n) is 24.3. The molecular weight excluding hydrogens is 583 g/mol. The van der Waals surface area contributed by atoms with Gasteiger partial charge in [0.2, 0.25) is 17.9 Å². The van der Waals surface area contributed by atoms with E-state index in [0.717, 1.165) is 24.0 Å². The van der Waals surface area contributed by atoms with Gasteiger partial charge in [0.1, 0.15) is 11.9 Å². The Morgan fingerprint density at radius 3 is 2.49 bits per heavy atom. The number of nitrogen functional groups attached to an aromatic ring is 1. The first-order valence-corrected chi connectivity index (χ1v) is 14.6. The van der Waals surface area contributed by atoms with Crippen molar-refractivity contribution in [3.05, 3.63) is 64.2 Å². The highest BCUT2D eigenvalue weighted by molar-refractivity contribution is 6.30. The molecule has 0 radical (unpaired) electrons. The molecule has 2 atom stereocenters. The molecule has 230 valence electrons. The van der Waals surface area contributed by atoms with Gasteiger partial charge in [-0.25, -0.2) is 0 Å². The van der Waals surface area contributed by atoms with Crippen LogP contribution in [0.4, 0.5) is 24.9 Å². The smallest absolute Gasteiger partial charge is 0.429 e. The molecule has 1 aromatic heterocycles. The van der Waals surface area contributed by atoms with Gasteiger partial charge in [-0.1, -0.05) is 47.0 Å². The van der Waals surface area contributed by atoms with Crippen molar-refractivity contribution in [3.63, 3.8) is 0 Å². The summed E-state index contributed by atoms with van der Waals surface area (Å²) >= 11 is 6.24. The molecule has 12 heteroatoms. The number of ether oxygens (including phenoxy) is 2. The molecule has 0 amide bonds. The van der Waals surface area contributed by atoms with Gasteiger partial charge in [0.15, 0.2) is 0 Å². The van der Waals surface area contributed by atoms with Crippen LogP contribution in [-0.4, -0.2) is 54.4 Å². The quantitative estimate of drug-likeness (QED) is 0.303. The second-order valence-corrected chi connectivity index (χ2v) is 11.9. The molecule has 0 aliphatic carbocycles. The number of hydrogen-bond acceptors (Lipinski definition) is 8. The Bertz CT molecular complexity index is 1470. The average molecular weight is 618 g/mol. The molecule has 2 saturated heterocycles. The Labute approximate surface area is 253 Å². The third-order valence-electron chi connectivity index (χ3n) is 8.15. The van der Waals surface area contributed by atoms with Gasteiger partial charge in [-0.15, -0.1) is 0 Å². The molecule has 0 bridgehead atoms. The zero-order chi connectivity index (χ0) is 30.9. The summed E-state index contributed by atoms with van der Waals surface area (Å²) < 4.78 is 54.7. The lowest BCUT2D eigenvalue weighted by Crippen LogP contribution is -2.41. The molecule has 1 spiro atoms. The Hall–Kier alpha value is -3.57. The number of aromatic nitrogens is 2.